The van der Waals surface area contributed by atoms with Gasteiger partial charge in [0, 0.05) is 16.5 Å². The number of hydrogen-bond acceptors (Lipinski definition) is 5. The number of methoxy groups -OCH3 is 1. The van der Waals surface area contributed by atoms with E-state index in [1.807, 2.05) is 30.5 Å². The number of nitrogens with zero attached hydrogens (tertiary/aromatic N) is 2. The molecule has 7 heteroatoms. The third-order valence-corrected chi connectivity index (χ3v) is 5.06. The number of aliphatic carboxylic acids is 1. The van der Waals surface area contributed by atoms with Gasteiger partial charge in [0.1, 0.15) is 16.6 Å². The Kier molecular flexibility index (Phi) is 4.59. The van der Waals surface area contributed by atoms with Crippen LogP contribution in [0.1, 0.15) is 24.9 Å². The van der Waals surface area contributed by atoms with Crippen LogP contribution in [0.25, 0.3) is 21.3 Å². The average molecular weight is 358 g/mol. The van der Waals surface area contributed by atoms with Crippen molar-refractivity contribution in [1.29, 1.82) is 0 Å². The summed E-state index contributed by atoms with van der Waals surface area (Å²) in [5.41, 5.74) is 2.21. The van der Waals surface area contributed by atoms with E-state index in [-0.39, 0.29) is 5.56 Å². The van der Waals surface area contributed by atoms with Crippen molar-refractivity contribution >= 4 is 27.5 Å². The van der Waals surface area contributed by atoms with Gasteiger partial charge in [-0.15, -0.1) is 11.3 Å². The van der Waals surface area contributed by atoms with Gasteiger partial charge in [0.15, 0.2) is 0 Å². The van der Waals surface area contributed by atoms with Crippen molar-refractivity contribution < 1.29 is 14.6 Å². The third kappa shape index (κ3) is 2.91. The van der Waals surface area contributed by atoms with E-state index >= 15 is 0 Å². The highest BCUT2D eigenvalue weighted by Gasteiger charge is 2.22. The Morgan fingerprint density at radius 2 is 2.16 bits per heavy atom. The fraction of sp³-hybridized carbons (Fsp3) is 0.278. The summed E-state index contributed by atoms with van der Waals surface area (Å²) in [4.78, 5) is 29.3. The van der Waals surface area contributed by atoms with E-state index in [4.69, 9.17) is 4.74 Å². The van der Waals surface area contributed by atoms with E-state index in [9.17, 15) is 14.7 Å². The molecule has 0 fully saturated rings. The number of carboxylic acids is 1. The molecule has 0 bridgehead atoms. The molecule has 2 aromatic heterocycles. The van der Waals surface area contributed by atoms with Crippen molar-refractivity contribution in [3.63, 3.8) is 0 Å². The van der Waals surface area contributed by atoms with Crippen molar-refractivity contribution in [3.05, 3.63) is 45.8 Å². The molecule has 1 atom stereocenters. The molecule has 3 rings (SSSR count). The lowest BCUT2D eigenvalue weighted by Gasteiger charge is -2.13. The number of benzene rings is 1. The molecule has 3 aromatic rings. The number of aryl methyl sites for hydroxylation is 1. The quantitative estimate of drug-likeness (QED) is 0.755. The van der Waals surface area contributed by atoms with Gasteiger partial charge in [0.2, 0.25) is 0 Å². The van der Waals surface area contributed by atoms with Gasteiger partial charge in [-0.1, -0.05) is 18.6 Å². The molecule has 6 nitrogen and oxygen atoms in total. The van der Waals surface area contributed by atoms with Crippen LogP contribution in [0.15, 0.2) is 34.7 Å². The molecular formula is C18H18N2O4S. The Morgan fingerprint density at radius 1 is 1.40 bits per heavy atom. The largest absolute Gasteiger partial charge is 0.496 e. The fourth-order valence-corrected chi connectivity index (χ4v) is 3.79. The molecule has 1 N–H and O–H groups in total. The summed E-state index contributed by atoms with van der Waals surface area (Å²) in [6.07, 6.45) is 1.62. The van der Waals surface area contributed by atoms with Crippen LogP contribution in [0.4, 0.5) is 0 Å². The van der Waals surface area contributed by atoms with Crippen molar-refractivity contribution in [1.82, 2.24) is 9.55 Å². The van der Waals surface area contributed by atoms with Gasteiger partial charge >= 0.3 is 5.97 Å². The maximum Gasteiger partial charge on any atom is 0.326 e. The monoisotopic (exact) mass is 358 g/mol. The van der Waals surface area contributed by atoms with E-state index in [1.165, 1.54) is 22.2 Å². The van der Waals surface area contributed by atoms with Crippen LogP contribution < -0.4 is 10.3 Å². The first kappa shape index (κ1) is 17.2. The Bertz CT molecular complexity index is 1010. The summed E-state index contributed by atoms with van der Waals surface area (Å²) < 4.78 is 6.63. The number of rotatable bonds is 5. The van der Waals surface area contributed by atoms with E-state index in [0.717, 1.165) is 11.1 Å². The molecule has 0 spiro atoms. The molecule has 130 valence electrons. The third-order valence-electron chi connectivity index (χ3n) is 4.17. The maximum absolute atomic E-state index is 13.0. The Balaban J connectivity index is 2.31. The molecule has 0 aliphatic heterocycles. The number of hydrogen-bond donors (Lipinski definition) is 1. The molecule has 25 heavy (non-hydrogen) atoms. The zero-order valence-electron chi connectivity index (χ0n) is 14.1. The molecule has 0 radical (unpaired) electrons. The van der Waals surface area contributed by atoms with Gasteiger partial charge in [-0.25, -0.2) is 9.78 Å². The minimum absolute atomic E-state index is 0.301. The van der Waals surface area contributed by atoms with Crippen LogP contribution in [0.3, 0.4) is 0 Å². The summed E-state index contributed by atoms with van der Waals surface area (Å²) in [5, 5.41) is 11.7. The molecule has 1 aromatic carbocycles. The van der Waals surface area contributed by atoms with Crippen LogP contribution in [0.2, 0.25) is 0 Å². The summed E-state index contributed by atoms with van der Waals surface area (Å²) in [6, 6.07) is 4.81. The minimum Gasteiger partial charge on any atom is -0.496 e. The molecule has 0 saturated heterocycles. The van der Waals surface area contributed by atoms with Crippen molar-refractivity contribution in [2.75, 3.05) is 7.11 Å². The molecule has 1 unspecified atom stereocenters. The van der Waals surface area contributed by atoms with E-state index in [0.29, 0.717) is 28.0 Å². The SMILES string of the molecule is CCC(C(=O)O)n1cnc2scc(-c3cc(C)ccc3OC)c2c1=O. The average Bonchev–Trinajstić information content (AvgIpc) is 3.02. The molecule has 0 aliphatic carbocycles. The molecular weight excluding hydrogens is 340 g/mol. The first-order chi connectivity index (χ1) is 12.0. The van der Waals surface area contributed by atoms with Gasteiger partial charge in [-0.2, -0.15) is 0 Å². The topological polar surface area (TPSA) is 81.4 Å². The normalized spacial score (nSPS) is 12.3. The lowest BCUT2D eigenvalue weighted by atomic mass is 10.0. The first-order valence-electron chi connectivity index (χ1n) is 7.84. The number of ether oxygens (including phenoxy) is 1. The first-order valence-corrected chi connectivity index (χ1v) is 8.72. The molecule has 2 heterocycles. The van der Waals surface area contributed by atoms with Crippen molar-refractivity contribution in [3.8, 4) is 16.9 Å². The van der Waals surface area contributed by atoms with Crippen LogP contribution in [0, 0.1) is 6.92 Å². The standard InChI is InChI=1S/C18H18N2O4S/c1-4-13(18(22)23)20-9-19-16-15(17(20)21)12(8-25-16)11-7-10(2)5-6-14(11)24-3/h5-9,13H,4H2,1-3H3,(H,22,23). The van der Waals surface area contributed by atoms with Gasteiger partial charge in [0.05, 0.1) is 18.8 Å². The van der Waals surface area contributed by atoms with Gasteiger partial charge in [0.25, 0.3) is 5.56 Å². The van der Waals surface area contributed by atoms with E-state index < -0.39 is 12.0 Å². The van der Waals surface area contributed by atoms with Gasteiger partial charge < -0.3 is 9.84 Å². The highest BCUT2D eigenvalue weighted by Crippen LogP contribution is 2.37. The molecule has 0 amide bonds. The smallest absolute Gasteiger partial charge is 0.326 e. The van der Waals surface area contributed by atoms with E-state index in [2.05, 4.69) is 4.98 Å². The lowest BCUT2D eigenvalue weighted by Crippen LogP contribution is -2.29. The summed E-state index contributed by atoms with van der Waals surface area (Å²) in [5.74, 6) is -0.388. The number of fused-ring (bicyclic) bond motifs is 1. The summed E-state index contributed by atoms with van der Waals surface area (Å²) in [6.45, 7) is 3.69. The molecule has 0 aliphatic rings. The highest BCUT2D eigenvalue weighted by molar-refractivity contribution is 7.17. The van der Waals surface area contributed by atoms with Gasteiger partial charge in [-0.05, 0) is 25.5 Å². The second-order valence-corrected chi connectivity index (χ2v) is 6.61. The maximum atomic E-state index is 13.0. The van der Waals surface area contributed by atoms with Crippen LogP contribution in [0.5, 0.6) is 5.75 Å². The zero-order valence-corrected chi connectivity index (χ0v) is 15.0. The van der Waals surface area contributed by atoms with Crippen molar-refractivity contribution in [2.45, 2.75) is 26.3 Å². The lowest BCUT2D eigenvalue weighted by molar-refractivity contribution is -0.141. The van der Waals surface area contributed by atoms with Crippen molar-refractivity contribution in [2.24, 2.45) is 0 Å². The number of thiophene rings is 1. The zero-order chi connectivity index (χ0) is 18.1. The number of aromatic nitrogens is 2. The fourth-order valence-electron chi connectivity index (χ4n) is 2.89. The minimum atomic E-state index is -1.05. The Hall–Kier alpha value is -2.67. The second kappa shape index (κ2) is 6.68. The summed E-state index contributed by atoms with van der Waals surface area (Å²) in [7, 11) is 1.58. The van der Waals surface area contributed by atoms with Crippen LogP contribution in [-0.2, 0) is 4.79 Å². The van der Waals surface area contributed by atoms with Crippen LogP contribution in [-0.4, -0.2) is 27.7 Å². The Labute approximate surface area is 148 Å². The Morgan fingerprint density at radius 3 is 2.80 bits per heavy atom. The number of carboxylic acid groups (broad SMARTS) is 1. The molecule has 0 saturated carbocycles. The second-order valence-electron chi connectivity index (χ2n) is 5.75. The number of carbonyl (C=O) groups is 1. The predicted octanol–water partition coefficient (Wildman–Crippen LogP) is 3.48. The predicted molar refractivity (Wildman–Crippen MR) is 97.6 cm³/mol. The van der Waals surface area contributed by atoms with E-state index in [1.54, 1.807) is 14.0 Å². The van der Waals surface area contributed by atoms with Crippen LogP contribution >= 0.6 is 11.3 Å². The summed E-state index contributed by atoms with van der Waals surface area (Å²) >= 11 is 1.36. The van der Waals surface area contributed by atoms with Gasteiger partial charge in [-0.3, -0.25) is 9.36 Å². The highest BCUT2D eigenvalue weighted by atomic mass is 32.1.